The van der Waals surface area contributed by atoms with E-state index in [1.54, 1.807) is 30.3 Å². The summed E-state index contributed by atoms with van der Waals surface area (Å²) in [6.07, 6.45) is -0.181. The van der Waals surface area contributed by atoms with Crippen LogP contribution in [-0.4, -0.2) is 73.0 Å². The molecule has 2 aromatic heterocycles. The van der Waals surface area contributed by atoms with Gasteiger partial charge >= 0.3 is 0 Å². The highest BCUT2D eigenvalue weighted by atomic mass is 35.5. The monoisotopic (exact) mass is 750 g/mol. The molecule has 0 aliphatic carbocycles. The van der Waals surface area contributed by atoms with Crippen molar-refractivity contribution in [1.82, 2.24) is 20.6 Å². The van der Waals surface area contributed by atoms with Gasteiger partial charge in [0.25, 0.3) is 23.6 Å². The number of aryl methyl sites for hydroxylation is 1. The first-order valence-electron chi connectivity index (χ1n) is 16.6. The van der Waals surface area contributed by atoms with E-state index < -0.39 is 35.3 Å². The third-order valence-electron chi connectivity index (χ3n) is 8.13. The van der Waals surface area contributed by atoms with Gasteiger partial charge in [-0.15, -0.1) is 0 Å². The number of nitrogens with zero attached hydrogens (tertiary/aromatic N) is 2. The van der Waals surface area contributed by atoms with Crippen LogP contribution in [0.5, 0.6) is 0 Å². The van der Waals surface area contributed by atoms with Crippen molar-refractivity contribution < 1.29 is 37.4 Å². The second kappa shape index (κ2) is 17.9. The average molecular weight is 751 g/mol. The molecular formula is C36H37ClF2N8O6. The number of morpholine rings is 2. The van der Waals surface area contributed by atoms with Crippen LogP contribution in [0.3, 0.4) is 0 Å². The maximum Gasteiger partial charge on any atom is 0.267 e. The van der Waals surface area contributed by atoms with Crippen LogP contribution >= 0.6 is 11.6 Å². The molecule has 0 unspecified atom stereocenters. The lowest BCUT2D eigenvalue weighted by Gasteiger charge is -2.24. The van der Waals surface area contributed by atoms with Gasteiger partial charge in [0.2, 0.25) is 0 Å². The number of carbonyl (C=O) groups is 4. The Bertz CT molecular complexity index is 2010. The molecule has 0 bridgehead atoms. The van der Waals surface area contributed by atoms with E-state index in [1.807, 2.05) is 6.92 Å². The lowest BCUT2D eigenvalue weighted by molar-refractivity contribution is 0.0254. The van der Waals surface area contributed by atoms with Crippen molar-refractivity contribution in [3.63, 3.8) is 0 Å². The molecule has 2 atom stereocenters. The predicted molar refractivity (Wildman–Crippen MR) is 192 cm³/mol. The lowest BCUT2D eigenvalue weighted by Crippen LogP contribution is -2.33. The number of aromatic nitrogens is 2. The minimum atomic E-state index is -0.807. The van der Waals surface area contributed by atoms with Gasteiger partial charge in [0.15, 0.2) is 0 Å². The Morgan fingerprint density at radius 1 is 0.755 bits per heavy atom. The van der Waals surface area contributed by atoms with Crippen molar-refractivity contribution >= 4 is 46.6 Å². The molecule has 2 fully saturated rings. The number of halogens is 3. The van der Waals surface area contributed by atoms with Crippen molar-refractivity contribution in [3.8, 4) is 0 Å². The molecule has 0 spiro atoms. The minimum absolute atomic E-state index is 0.0166. The van der Waals surface area contributed by atoms with Crippen LogP contribution in [-0.2, 0) is 15.9 Å². The van der Waals surface area contributed by atoms with E-state index >= 15 is 0 Å². The van der Waals surface area contributed by atoms with Gasteiger partial charge in [0.05, 0.1) is 25.4 Å². The van der Waals surface area contributed by atoms with Crippen molar-refractivity contribution in [1.29, 1.82) is 0 Å². The molecule has 2 aliphatic heterocycles. The Kier molecular flexibility index (Phi) is 13.1. The number of rotatable bonds is 9. The maximum absolute atomic E-state index is 14.4. The van der Waals surface area contributed by atoms with Gasteiger partial charge < -0.3 is 42.2 Å². The molecule has 4 heterocycles. The zero-order chi connectivity index (χ0) is 38.1. The molecule has 278 valence electrons. The highest BCUT2D eigenvalue weighted by molar-refractivity contribution is 6.30. The van der Waals surface area contributed by atoms with Crippen LogP contribution in [0.2, 0.25) is 5.15 Å². The summed E-state index contributed by atoms with van der Waals surface area (Å²) in [4.78, 5) is 55.3. The van der Waals surface area contributed by atoms with Crippen LogP contribution in [0.15, 0.2) is 60.7 Å². The van der Waals surface area contributed by atoms with E-state index in [0.29, 0.717) is 55.2 Å². The van der Waals surface area contributed by atoms with Crippen molar-refractivity contribution in [3.05, 3.63) is 117 Å². The van der Waals surface area contributed by atoms with E-state index in [1.165, 1.54) is 30.3 Å². The first kappa shape index (κ1) is 38.8. The van der Waals surface area contributed by atoms with Crippen LogP contribution < -0.4 is 32.7 Å². The molecule has 8 N–H and O–H groups in total. The summed E-state index contributed by atoms with van der Waals surface area (Å²) in [5.74, 6) is -3.50. The summed E-state index contributed by atoms with van der Waals surface area (Å²) < 4.78 is 39.9. The summed E-state index contributed by atoms with van der Waals surface area (Å²) in [5.41, 5.74) is 12.6. The fourth-order valence-electron chi connectivity index (χ4n) is 5.45. The molecule has 2 saturated heterocycles. The van der Waals surface area contributed by atoms with Crippen molar-refractivity contribution in [2.24, 2.45) is 11.5 Å². The van der Waals surface area contributed by atoms with E-state index in [4.69, 9.17) is 32.5 Å². The van der Waals surface area contributed by atoms with Gasteiger partial charge in [0.1, 0.15) is 28.2 Å². The molecule has 0 radical (unpaired) electrons. The predicted octanol–water partition coefficient (Wildman–Crippen LogP) is 3.68. The molecule has 53 heavy (non-hydrogen) atoms. The first-order valence-corrected chi connectivity index (χ1v) is 16.9. The van der Waals surface area contributed by atoms with E-state index in [0.717, 1.165) is 13.1 Å². The SMILES string of the molecule is CCc1cc(C(=O)Nc2ccc([C@H]3CNCCO3)c(F)c2)cc(C(N)=O)n1.NC(=O)c1cc(C(=O)Nc2ccc([C@H]3CNCCO3)c(F)c2)cc(Cl)n1. The van der Waals surface area contributed by atoms with Crippen molar-refractivity contribution in [2.75, 3.05) is 50.0 Å². The Morgan fingerprint density at radius 2 is 1.23 bits per heavy atom. The van der Waals surface area contributed by atoms with Gasteiger partial charge in [-0.05, 0) is 55.0 Å². The van der Waals surface area contributed by atoms with Gasteiger partial charge in [-0.25, -0.2) is 18.7 Å². The lowest BCUT2D eigenvalue weighted by atomic mass is 10.1. The number of carbonyl (C=O) groups excluding carboxylic acids is 4. The molecule has 2 aliphatic rings. The molecule has 0 saturated carbocycles. The molecule has 2 aromatic carbocycles. The van der Waals surface area contributed by atoms with Crippen LogP contribution in [0.4, 0.5) is 20.2 Å². The number of nitrogens with two attached hydrogens (primary N) is 2. The normalized spacial score (nSPS) is 16.8. The first-order chi connectivity index (χ1) is 25.4. The molecule has 17 heteroatoms. The fourth-order valence-corrected chi connectivity index (χ4v) is 5.66. The summed E-state index contributed by atoms with van der Waals surface area (Å²) in [7, 11) is 0. The summed E-state index contributed by atoms with van der Waals surface area (Å²) in [6, 6.07) is 14.2. The second-order valence-corrected chi connectivity index (χ2v) is 12.3. The van der Waals surface area contributed by atoms with E-state index in [9.17, 15) is 28.0 Å². The number of pyridine rings is 2. The summed E-state index contributed by atoms with van der Waals surface area (Å²) in [5, 5.41) is 11.4. The molecular weight excluding hydrogens is 714 g/mol. The largest absolute Gasteiger partial charge is 0.371 e. The molecule has 4 amide bonds. The highest BCUT2D eigenvalue weighted by Crippen LogP contribution is 2.26. The Balaban J connectivity index is 0.000000204. The fraction of sp³-hybridized carbons (Fsp3) is 0.278. The standard InChI is InChI=1S/C19H21FN4O3.C17H16ClFN4O3/c1-2-12-7-11(8-16(23-12)18(21)25)19(26)24-13-3-4-14(15(20)9-13)17-10-22-5-6-27-17;18-15-6-9(5-13(23-15)16(20)24)17(25)22-10-1-2-11(12(19)7-10)14-8-21-3-4-26-14/h3-4,7-9,17,22H,2,5-6,10H2,1H3,(H2,21,25)(H,24,26);1-2,5-7,14,21H,3-4,8H2,(H2,20,24)(H,22,25)/t17-;14-/m11/s1. The van der Waals surface area contributed by atoms with E-state index in [-0.39, 0.29) is 45.6 Å². The van der Waals surface area contributed by atoms with E-state index in [2.05, 4.69) is 31.2 Å². The average Bonchev–Trinajstić information content (AvgIpc) is 3.15. The Labute approximate surface area is 308 Å². The van der Waals surface area contributed by atoms with Crippen LogP contribution in [0.1, 0.15) is 77.6 Å². The molecule has 6 rings (SSSR count). The molecule has 4 aromatic rings. The second-order valence-electron chi connectivity index (χ2n) is 11.9. The maximum atomic E-state index is 14.4. The highest BCUT2D eigenvalue weighted by Gasteiger charge is 2.22. The number of anilines is 2. The van der Waals surface area contributed by atoms with Gasteiger partial charge in [0, 0.05) is 65.5 Å². The number of primary amides is 2. The number of nitrogens with one attached hydrogen (secondary N) is 4. The Morgan fingerprint density at radius 3 is 1.64 bits per heavy atom. The topological polar surface area (TPSA) is 213 Å². The van der Waals surface area contributed by atoms with Crippen LogP contribution in [0, 0.1) is 11.6 Å². The third-order valence-corrected chi connectivity index (χ3v) is 8.32. The number of benzene rings is 2. The number of hydrogen-bond acceptors (Lipinski definition) is 10. The number of amides is 4. The number of hydrogen-bond donors (Lipinski definition) is 6. The minimum Gasteiger partial charge on any atom is -0.371 e. The molecule has 14 nitrogen and oxygen atoms in total. The van der Waals surface area contributed by atoms with Crippen molar-refractivity contribution in [2.45, 2.75) is 25.6 Å². The zero-order valence-corrected chi connectivity index (χ0v) is 29.3. The smallest absolute Gasteiger partial charge is 0.267 e. The Hall–Kier alpha value is -5.39. The zero-order valence-electron chi connectivity index (χ0n) is 28.5. The van der Waals surface area contributed by atoms with Gasteiger partial charge in [-0.1, -0.05) is 30.7 Å². The number of ether oxygens (including phenoxy) is 2. The van der Waals surface area contributed by atoms with Gasteiger partial charge in [-0.3, -0.25) is 19.2 Å². The quantitative estimate of drug-likeness (QED) is 0.137. The van der Waals surface area contributed by atoms with Gasteiger partial charge in [-0.2, -0.15) is 0 Å². The van der Waals surface area contributed by atoms with Crippen LogP contribution in [0.25, 0.3) is 0 Å². The third kappa shape index (κ3) is 10.4. The summed E-state index contributed by atoms with van der Waals surface area (Å²) >= 11 is 5.79. The summed E-state index contributed by atoms with van der Waals surface area (Å²) in [6.45, 7) is 5.41.